The smallest absolute Gasteiger partial charge is 0.254 e. The van der Waals surface area contributed by atoms with Gasteiger partial charge in [0.1, 0.15) is 0 Å². The van der Waals surface area contributed by atoms with Crippen molar-refractivity contribution < 1.29 is 4.79 Å². The molecule has 1 aliphatic rings. The van der Waals surface area contributed by atoms with E-state index in [-0.39, 0.29) is 5.91 Å². The van der Waals surface area contributed by atoms with Crippen molar-refractivity contribution in [2.45, 2.75) is 52.0 Å². The zero-order chi connectivity index (χ0) is 13.8. The van der Waals surface area contributed by atoms with Crippen molar-refractivity contribution in [3.8, 4) is 0 Å². The number of hydrogen-bond acceptors (Lipinski definition) is 1. The maximum absolute atomic E-state index is 12.7. The van der Waals surface area contributed by atoms with E-state index >= 15 is 0 Å². The molecule has 19 heavy (non-hydrogen) atoms. The largest absolute Gasteiger partial charge is 0.336 e. The van der Waals surface area contributed by atoms with E-state index in [2.05, 4.69) is 27.8 Å². The third-order valence-corrected chi connectivity index (χ3v) is 4.26. The number of nitrogens with zero attached hydrogens (tertiary/aromatic N) is 1. The minimum atomic E-state index is 0.197. The van der Waals surface area contributed by atoms with Crippen LogP contribution in [0, 0.1) is 6.92 Å². The minimum absolute atomic E-state index is 0.197. The molecule has 1 heterocycles. The summed E-state index contributed by atoms with van der Waals surface area (Å²) in [6.07, 6.45) is 5.82. The first-order valence-corrected chi connectivity index (χ1v) is 7.99. The molecule has 1 amide bonds. The van der Waals surface area contributed by atoms with Gasteiger partial charge in [-0.1, -0.05) is 29.3 Å². The van der Waals surface area contributed by atoms with Crippen molar-refractivity contribution in [1.29, 1.82) is 0 Å². The Balaban J connectivity index is 2.20. The average molecular weight is 324 g/mol. The Hall–Kier alpha value is -0.830. The summed E-state index contributed by atoms with van der Waals surface area (Å²) >= 11 is 3.48. The van der Waals surface area contributed by atoms with Gasteiger partial charge in [0.05, 0.1) is 0 Å². The Morgan fingerprint density at radius 2 is 2.16 bits per heavy atom. The summed E-state index contributed by atoms with van der Waals surface area (Å²) in [5.74, 6) is 0.197. The summed E-state index contributed by atoms with van der Waals surface area (Å²) < 4.78 is 0.986. The van der Waals surface area contributed by atoms with Gasteiger partial charge < -0.3 is 4.90 Å². The van der Waals surface area contributed by atoms with Gasteiger partial charge in [-0.05, 0) is 56.4 Å². The minimum Gasteiger partial charge on any atom is -0.336 e. The Morgan fingerprint density at radius 3 is 2.84 bits per heavy atom. The van der Waals surface area contributed by atoms with Gasteiger partial charge >= 0.3 is 0 Å². The molecule has 1 saturated heterocycles. The quantitative estimate of drug-likeness (QED) is 0.798. The number of aryl methyl sites for hydroxylation is 1. The highest BCUT2D eigenvalue weighted by Gasteiger charge is 2.26. The van der Waals surface area contributed by atoms with E-state index in [1.807, 2.05) is 25.1 Å². The Labute approximate surface area is 124 Å². The first kappa shape index (κ1) is 14.6. The molecule has 0 saturated carbocycles. The third kappa shape index (κ3) is 3.59. The zero-order valence-electron chi connectivity index (χ0n) is 11.8. The van der Waals surface area contributed by atoms with Gasteiger partial charge in [-0.2, -0.15) is 0 Å². The predicted molar refractivity (Wildman–Crippen MR) is 82.5 cm³/mol. The molecule has 1 aromatic carbocycles. The number of hydrogen-bond donors (Lipinski definition) is 0. The zero-order valence-corrected chi connectivity index (χ0v) is 13.4. The van der Waals surface area contributed by atoms with E-state index in [0.717, 1.165) is 47.8 Å². The summed E-state index contributed by atoms with van der Waals surface area (Å²) in [7, 11) is 0. The third-order valence-electron chi connectivity index (χ3n) is 3.80. The van der Waals surface area contributed by atoms with Crippen LogP contribution in [0.5, 0.6) is 0 Å². The topological polar surface area (TPSA) is 20.3 Å². The standard InChI is InChI=1S/C16H22BrNO/c1-3-6-15-7-4-5-8-18(15)16(19)13-9-12(2)10-14(17)11-13/h9-11,15H,3-8H2,1-2H3. The molecule has 0 radical (unpaired) electrons. The van der Waals surface area contributed by atoms with Crippen LogP contribution in [-0.2, 0) is 0 Å². The number of carbonyl (C=O) groups excluding carboxylic acids is 1. The number of amides is 1. The lowest BCUT2D eigenvalue weighted by atomic mass is 9.97. The van der Waals surface area contributed by atoms with Crippen LogP contribution >= 0.6 is 15.9 Å². The maximum Gasteiger partial charge on any atom is 0.254 e. The van der Waals surface area contributed by atoms with Crippen molar-refractivity contribution in [1.82, 2.24) is 4.90 Å². The molecule has 1 fully saturated rings. The molecule has 0 aromatic heterocycles. The van der Waals surface area contributed by atoms with Crippen LogP contribution in [0.1, 0.15) is 54.9 Å². The summed E-state index contributed by atoms with van der Waals surface area (Å²) in [5, 5.41) is 0. The highest BCUT2D eigenvalue weighted by Crippen LogP contribution is 2.24. The molecule has 3 heteroatoms. The van der Waals surface area contributed by atoms with E-state index in [1.54, 1.807) is 0 Å². The molecule has 2 rings (SSSR count). The molecule has 2 nitrogen and oxygen atoms in total. The summed E-state index contributed by atoms with van der Waals surface area (Å²) in [6.45, 7) is 5.14. The second-order valence-corrected chi connectivity index (χ2v) is 6.37. The van der Waals surface area contributed by atoms with Crippen LogP contribution in [0.15, 0.2) is 22.7 Å². The lowest BCUT2D eigenvalue weighted by molar-refractivity contribution is 0.0600. The highest BCUT2D eigenvalue weighted by atomic mass is 79.9. The van der Waals surface area contributed by atoms with Crippen LogP contribution < -0.4 is 0 Å². The van der Waals surface area contributed by atoms with Crippen molar-refractivity contribution in [3.05, 3.63) is 33.8 Å². The monoisotopic (exact) mass is 323 g/mol. The fourth-order valence-corrected chi connectivity index (χ4v) is 3.53. The van der Waals surface area contributed by atoms with E-state index in [0.29, 0.717) is 6.04 Å². The number of benzene rings is 1. The molecule has 0 spiro atoms. The van der Waals surface area contributed by atoms with Gasteiger partial charge in [-0.3, -0.25) is 4.79 Å². The second-order valence-electron chi connectivity index (χ2n) is 5.45. The first-order valence-electron chi connectivity index (χ1n) is 7.20. The Bertz CT molecular complexity index is 436. The Kier molecular flexibility index (Phi) is 5.03. The van der Waals surface area contributed by atoms with Crippen molar-refractivity contribution in [3.63, 3.8) is 0 Å². The van der Waals surface area contributed by atoms with Crippen LogP contribution in [0.2, 0.25) is 0 Å². The Morgan fingerprint density at radius 1 is 1.37 bits per heavy atom. The lowest BCUT2D eigenvalue weighted by Gasteiger charge is -2.36. The van der Waals surface area contributed by atoms with Crippen LogP contribution in [0.4, 0.5) is 0 Å². The van der Waals surface area contributed by atoms with E-state index in [1.165, 1.54) is 6.42 Å². The number of carbonyl (C=O) groups is 1. The van der Waals surface area contributed by atoms with Gasteiger partial charge in [-0.25, -0.2) is 0 Å². The van der Waals surface area contributed by atoms with Gasteiger partial charge in [0.2, 0.25) is 0 Å². The van der Waals surface area contributed by atoms with Gasteiger partial charge in [0, 0.05) is 22.6 Å². The molecule has 0 N–H and O–H groups in total. The highest BCUT2D eigenvalue weighted by molar-refractivity contribution is 9.10. The molecule has 1 unspecified atom stereocenters. The summed E-state index contributed by atoms with van der Waals surface area (Å²) in [6, 6.07) is 6.40. The van der Waals surface area contributed by atoms with Crippen LogP contribution in [0.3, 0.4) is 0 Å². The fourth-order valence-electron chi connectivity index (χ4n) is 2.93. The van der Waals surface area contributed by atoms with E-state index in [9.17, 15) is 4.79 Å². The average Bonchev–Trinajstić information content (AvgIpc) is 2.38. The second kappa shape index (κ2) is 6.56. The lowest BCUT2D eigenvalue weighted by Crippen LogP contribution is -2.43. The molecular weight excluding hydrogens is 302 g/mol. The predicted octanol–water partition coefficient (Wildman–Crippen LogP) is 4.55. The molecule has 104 valence electrons. The van der Waals surface area contributed by atoms with Crippen LogP contribution in [0.25, 0.3) is 0 Å². The van der Waals surface area contributed by atoms with Gasteiger partial charge in [0.15, 0.2) is 0 Å². The molecule has 1 aliphatic heterocycles. The number of halogens is 1. The normalized spacial score (nSPS) is 19.5. The molecule has 1 aromatic rings. The van der Waals surface area contributed by atoms with Crippen molar-refractivity contribution >= 4 is 21.8 Å². The molecular formula is C16H22BrNO. The van der Waals surface area contributed by atoms with Crippen molar-refractivity contribution in [2.24, 2.45) is 0 Å². The van der Waals surface area contributed by atoms with Crippen molar-refractivity contribution in [2.75, 3.05) is 6.54 Å². The first-order chi connectivity index (χ1) is 9.11. The van der Waals surface area contributed by atoms with Gasteiger partial charge in [0.25, 0.3) is 5.91 Å². The maximum atomic E-state index is 12.7. The van der Waals surface area contributed by atoms with Crippen LogP contribution in [-0.4, -0.2) is 23.4 Å². The molecule has 1 atom stereocenters. The number of rotatable bonds is 3. The summed E-state index contributed by atoms with van der Waals surface area (Å²) in [4.78, 5) is 14.8. The fraction of sp³-hybridized carbons (Fsp3) is 0.562. The molecule has 0 aliphatic carbocycles. The number of piperidine rings is 1. The SMILES string of the molecule is CCCC1CCCCN1C(=O)c1cc(C)cc(Br)c1. The van der Waals surface area contributed by atoms with E-state index in [4.69, 9.17) is 0 Å². The van der Waals surface area contributed by atoms with Gasteiger partial charge in [-0.15, -0.1) is 0 Å². The number of likely N-dealkylation sites (tertiary alicyclic amines) is 1. The molecule has 0 bridgehead atoms. The van der Waals surface area contributed by atoms with E-state index < -0.39 is 0 Å². The summed E-state index contributed by atoms with van der Waals surface area (Å²) in [5.41, 5.74) is 1.94.